The second-order valence-corrected chi connectivity index (χ2v) is 4.33. The molecule has 94 valence electrons. The van der Waals surface area contributed by atoms with Crippen LogP contribution in [0.15, 0.2) is 18.2 Å². The predicted molar refractivity (Wildman–Crippen MR) is 67.6 cm³/mol. The number of rotatable bonds is 4. The molecule has 1 amide bonds. The van der Waals surface area contributed by atoms with Gasteiger partial charge in [-0.3, -0.25) is 4.79 Å². The molecule has 1 rings (SSSR count). The van der Waals surface area contributed by atoms with Crippen LogP contribution in [0.3, 0.4) is 0 Å². The number of aryl methyl sites for hydroxylation is 1. The van der Waals surface area contributed by atoms with E-state index in [1.165, 1.54) is 6.07 Å². The van der Waals surface area contributed by atoms with Gasteiger partial charge in [0.25, 0.3) is 5.91 Å². The zero-order chi connectivity index (χ0) is 13.0. The van der Waals surface area contributed by atoms with E-state index in [-0.39, 0.29) is 17.5 Å². The van der Waals surface area contributed by atoms with Crippen molar-refractivity contribution < 1.29 is 9.18 Å². The Morgan fingerprint density at radius 2 is 2.06 bits per heavy atom. The molecule has 1 atom stereocenters. The van der Waals surface area contributed by atoms with Crippen LogP contribution in [0.1, 0.15) is 43.1 Å². The van der Waals surface area contributed by atoms with E-state index in [2.05, 4.69) is 0 Å². The van der Waals surface area contributed by atoms with E-state index in [0.717, 1.165) is 12.0 Å². The van der Waals surface area contributed by atoms with Crippen molar-refractivity contribution in [3.63, 3.8) is 0 Å². The van der Waals surface area contributed by atoms with Gasteiger partial charge in [0.2, 0.25) is 0 Å². The van der Waals surface area contributed by atoms with Crippen molar-refractivity contribution in [3.8, 4) is 0 Å². The molecule has 3 heteroatoms. The van der Waals surface area contributed by atoms with E-state index in [1.54, 1.807) is 17.0 Å². The first-order valence-electron chi connectivity index (χ1n) is 6.08. The highest BCUT2D eigenvalue weighted by Crippen LogP contribution is 2.15. The van der Waals surface area contributed by atoms with E-state index in [1.807, 2.05) is 27.7 Å². The fourth-order valence-electron chi connectivity index (χ4n) is 1.82. The van der Waals surface area contributed by atoms with Crippen LogP contribution in [0.4, 0.5) is 4.39 Å². The largest absolute Gasteiger partial charge is 0.336 e. The van der Waals surface area contributed by atoms with Crippen molar-refractivity contribution in [3.05, 3.63) is 35.1 Å². The Balaban J connectivity index is 3.02. The molecule has 0 bridgehead atoms. The number of carbonyl (C=O) groups excluding carboxylic acids is 1. The third-order valence-electron chi connectivity index (χ3n) is 3.08. The molecule has 1 aromatic carbocycles. The summed E-state index contributed by atoms with van der Waals surface area (Å²) in [5.41, 5.74) is 0.989. The Bertz CT molecular complexity index is 403. The highest BCUT2D eigenvalue weighted by atomic mass is 19.1. The quantitative estimate of drug-likeness (QED) is 0.786. The maximum Gasteiger partial charge on any atom is 0.257 e. The van der Waals surface area contributed by atoms with Crippen molar-refractivity contribution in [2.45, 2.75) is 40.2 Å². The second kappa shape index (κ2) is 5.80. The van der Waals surface area contributed by atoms with Crippen LogP contribution in [0.2, 0.25) is 0 Å². The average molecular weight is 237 g/mol. The summed E-state index contributed by atoms with van der Waals surface area (Å²) in [6, 6.07) is 4.87. The first-order valence-corrected chi connectivity index (χ1v) is 6.08. The molecule has 0 N–H and O–H groups in total. The molecule has 0 spiro atoms. The Morgan fingerprint density at radius 1 is 1.41 bits per heavy atom. The second-order valence-electron chi connectivity index (χ2n) is 4.33. The number of hydrogen-bond donors (Lipinski definition) is 0. The maximum atomic E-state index is 13.7. The van der Waals surface area contributed by atoms with E-state index in [0.29, 0.717) is 6.54 Å². The molecule has 0 saturated carbocycles. The lowest BCUT2D eigenvalue weighted by molar-refractivity contribution is 0.0695. The number of amides is 1. The van der Waals surface area contributed by atoms with E-state index >= 15 is 0 Å². The summed E-state index contributed by atoms with van der Waals surface area (Å²) in [5.74, 6) is -0.656. The van der Waals surface area contributed by atoms with Gasteiger partial charge < -0.3 is 4.90 Å². The highest BCUT2D eigenvalue weighted by molar-refractivity contribution is 5.94. The van der Waals surface area contributed by atoms with Crippen LogP contribution in [0.25, 0.3) is 0 Å². The van der Waals surface area contributed by atoms with Gasteiger partial charge in [0.15, 0.2) is 0 Å². The molecule has 0 saturated heterocycles. The molecular weight excluding hydrogens is 217 g/mol. The van der Waals surface area contributed by atoms with Crippen LogP contribution in [-0.2, 0) is 0 Å². The normalized spacial score (nSPS) is 12.3. The van der Waals surface area contributed by atoms with Crippen molar-refractivity contribution in [1.82, 2.24) is 4.90 Å². The summed E-state index contributed by atoms with van der Waals surface area (Å²) >= 11 is 0. The average Bonchev–Trinajstić information content (AvgIpc) is 2.29. The third-order valence-corrected chi connectivity index (χ3v) is 3.08. The van der Waals surface area contributed by atoms with Crippen LogP contribution in [-0.4, -0.2) is 23.4 Å². The van der Waals surface area contributed by atoms with Crippen molar-refractivity contribution in [2.24, 2.45) is 0 Å². The molecule has 0 radical (unpaired) electrons. The predicted octanol–water partition coefficient (Wildman–Crippen LogP) is 3.39. The van der Waals surface area contributed by atoms with Gasteiger partial charge in [0.1, 0.15) is 5.82 Å². The van der Waals surface area contributed by atoms with Gasteiger partial charge in [0.05, 0.1) is 5.56 Å². The fraction of sp³-hybridized carbons (Fsp3) is 0.500. The Labute approximate surface area is 102 Å². The van der Waals surface area contributed by atoms with Crippen molar-refractivity contribution >= 4 is 5.91 Å². The molecule has 0 heterocycles. The van der Waals surface area contributed by atoms with Gasteiger partial charge in [0, 0.05) is 12.6 Å². The summed E-state index contributed by atoms with van der Waals surface area (Å²) in [7, 11) is 0. The van der Waals surface area contributed by atoms with Gasteiger partial charge in [-0.15, -0.1) is 0 Å². The van der Waals surface area contributed by atoms with E-state index in [9.17, 15) is 9.18 Å². The molecule has 0 aliphatic rings. The minimum atomic E-state index is -0.434. The molecule has 0 aliphatic carbocycles. The van der Waals surface area contributed by atoms with Crippen LogP contribution >= 0.6 is 0 Å². The maximum absolute atomic E-state index is 13.7. The smallest absolute Gasteiger partial charge is 0.257 e. The number of carbonyl (C=O) groups is 1. The lowest BCUT2D eigenvalue weighted by Crippen LogP contribution is -2.38. The minimum absolute atomic E-state index is 0.133. The standard InChI is InChI=1S/C14H20FNO/c1-5-11(4)16(6-2)14(17)12-8-7-10(3)9-13(12)15/h7-9,11H,5-6H2,1-4H3. The lowest BCUT2D eigenvalue weighted by atomic mass is 10.1. The molecule has 2 nitrogen and oxygen atoms in total. The summed E-state index contributed by atoms with van der Waals surface area (Å²) in [6.07, 6.45) is 0.868. The summed E-state index contributed by atoms with van der Waals surface area (Å²) < 4.78 is 13.7. The molecule has 0 aliphatic heterocycles. The lowest BCUT2D eigenvalue weighted by Gasteiger charge is -2.27. The first kappa shape index (κ1) is 13.7. The first-order chi connectivity index (χ1) is 8.01. The topological polar surface area (TPSA) is 20.3 Å². The fourth-order valence-corrected chi connectivity index (χ4v) is 1.82. The molecule has 1 aromatic rings. The zero-order valence-corrected chi connectivity index (χ0v) is 11.0. The van der Waals surface area contributed by atoms with Crippen LogP contribution < -0.4 is 0 Å². The zero-order valence-electron chi connectivity index (χ0n) is 11.0. The molecule has 1 unspecified atom stereocenters. The van der Waals surface area contributed by atoms with Crippen molar-refractivity contribution in [1.29, 1.82) is 0 Å². The Morgan fingerprint density at radius 3 is 2.53 bits per heavy atom. The van der Waals surface area contributed by atoms with Gasteiger partial charge in [-0.1, -0.05) is 13.0 Å². The monoisotopic (exact) mass is 237 g/mol. The van der Waals surface area contributed by atoms with Gasteiger partial charge in [-0.25, -0.2) is 4.39 Å². The Kier molecular flexibility index (Phi) is 4.67. The van der Waals surface area contributed by atoms with Gasteiger partial charge in [-0.05, 0) is 44.9 Å². The number of halogens is 1. The SMILES string of the molecule is CCC(C)N(CC)C(=O)c1ccc(C)cc1F. The van der Waals surface area contributed by atoms with E-state index in [4.69, 9.17) is 0 Å². The number of hydrogen-bond acceptors (Lipinski definition) is 1. The van der Waals surface area contributed by atoms with E-state index < -0.39 is 5.82 Å². The minimum Gasteiger partial charge on any atom is -0.336 e. The van der Waals surface area contributed by atoms with Crippen LogP contribution in [0, 0.1) is 12.7 Å². The summed E-state index contributed by atoms with van der Waals surface area (Å²) in [5, 5.41) is 0. The molecule has 0 fully saturated rings. The van der Waals surface area contributed by atoms with Gasteiger partial charge >= 0.3 is 0 Å². The summed E-state index contributed by atoms with van der Waals surface area (Å²) in [6.45, 7) is 8.32. The summed E-state index contributed by atoms with van der Waals surface area (Å²) in [4.78, 5) is 13.9. The highest BCUT2D eigenvalue weighted by Gasteiger charge is 2.21. The number of nitrogens with zero attached hydrogens (tertiary/aromatic N) is 1. The van der Waals surface area contributed by atoms with Crippen LogP contribution in [0.5, 0.6) is 0 Å². The Hall–Kier alpha value is -1.38. The molecular formula is C14H20FNO. The van der Waals surface area contributed by atoms with Gasteiger partial charge in [-0.2, -0.15) is 0 Å². The van der Waals surface area contributed by atoms with Crippen molar-refractivity contribution in [2.75, 3.05) is 6.54 Å². The molecule has 17 heavy (non-hydrogen) atoms. The third kappa shape index (κ3) is 3.05. The molecule has 0 aromatic heterocycles. The number of benzene rings is 1.